The molecule has 1 atom stereocenters. The van der Waals surface area contributed by atoms with Crippen LogP contribution in [0.15, 0.2) is 36.7 Å². The van der Waals surface area contributed by atoms with E-state index < -0.39 is 5.82 Å². The second-order valence-electron chi connectivity index (χ2n) is 5.85. The SMILES string of the molecule is Cn1cc([C@@H]2CSCCN2CCC(=O)Nc2ccccc2F)cn1. The van der Waals surface area contributed by atoms with Crippen molar-refractivity contribution >= 4 is 23.4 Å². The molecule has 1 fully saturated rings. The van der Waals surface area contributed by atoms with E-state index >= 15 is 0 Å². The highest BCUT2D eigenvalue weighted by molar-refractivity contribution is 7.99. The van der Waals surface area contributed by atoms with E-state index in [0.29, 0.717) is 13.0 Å². The minimum absolute atomic E-state index is 0.164. The number of benzene rings is 1. The van der Waals surface area contributed by atoms with Crippen molar-refractivity contribution in [2.75, 3.05) is 29.9 Å². The Labute approximate surface area is 145 Å². The van der Waals surface area contributed by atoms with Gasteiger partial charge in [0.15, 0.2) is 0 Å². The number of thioether (sulfide) groups is 1. The Morgan fingerprint density at radius 1 is 1.46 bits per heavy atom. The number of nitrogens with zero attached hydrogens (tertiary/aromatic N) is 3. The number of nitrogens with one attached hydrogen (secondary N) is 1. The van der Waals surface area contributed by atoms with Crippen LogP contribution in [-0.2, 0) is 11.8 Å². The van der Waals surface area contributed by atoms with Crippen molar-refractivity contribution in [1.82, 2.24) is 14.7 Å². The first-order chi connectivity index (χ1) is 11.6. The summed E-state index contributed by atoms with van der Waals surface area (Å²) in [5.74, 6) is 1.49. The van der Waals surface area contributed by atoms with Crippen LogP contribution in [-0.4, -0.2) is 45.2 Å². The quantitative estimate of drug-likeness (QED) is 0.903. The molecule has 1 amide bonds. The Morgan fingerprint density at radius 2 is 2.29 bits per heavy atom. The smallest absolute Gasteiger partial charge is 0.225 e. The minimum atomic E-state index is -0.409. The predicted molar refractivity (Wildman–Crippen MR) is 94.5 cm³/mol. The number of carbonyl (C=O) groups is 1. The van der Waals surface area contributed by atoms with E-state index in [1.807, 2.05) is 31.2 Å². The fourth-order valence-electron chi connectivity index (χ4n) is 2.85. The largest absolute Gasteiger partial charge is 0.324 e. The maximum absolute atomic E-state index is 13.6. The second-order valence-corrected chi connectivity index (χ2v) is 7.00. The third kappa shape index (κ3) is 4.15. The summed E-state index contributed by atoms with van der Waals surface area (Å²) in [6.45, 7) is 1.59. The zero-order valence-corrected chi connectivity index (χ0v) is 14.4. The topological polar surface area (TPSA) is 50.2 Å². The molecule has 0 bridgehead atoms. The van der Waals surface area contributed by atoms with E-state index in [9.17, 15) is 9.18 Å². The lowest BCUT2D eigenvalue weighted by atomic mass is 10.1. The molecule has 1 aromatic carbocycles. The van der Waals surface area contributed by atoms with Crippen LogP contribution in [0.1, 0.15) is 18.0 Å². The highest BCUT2D eigenvalue weighted by Gasteiger charge is 2.25. The molecular formula is C17H21FN4OS. The summed E-state index contributed by atoms with van der Waals surface area (Å²) in [5.41, 5.74) is 1.42. The lowest BCUT2D eigenvalue weighted by Crippen LogP contribution is -2.38. The molecule has 0 saturated carbocycles. The molecule has 128 valence electrons. The van der Waals surface area contributed by atoms with Crippen molar-refractivity contribution in [2.24, 2.45) is 7.05 Å². The van der Waals surface area contributed by atoms with Gasteiger partial charge in [-0.25, -0.2) is 4.39 Å². The number of anilines is 1. The molecule has 1 saturated heterocycles. The van der Waals surface area contributed by atoms with Crippen LogP contribution in [0.3, 0.4) is 0 Å². The van der Waals surface area contributed by atoms with Gasteiger partial charge in [-0.05, 0) is 12.1 Å². The number of hydrogen-bond donors (Lipinski definition) is 1. The molecule has 2 aromatic rings. The van der Waals surface area contributed by atoms with Crippen molar-refractivity contribution in [1.29, 1.82) is 0 Å². The van der Waals surface area contributed by atoms with Crippen LogP contribution in [0.25, 0.3) is 0 Å². The Bertz CT molecular complexity index is 705. The summed E-state index contributed by atoms with van der Waals surface area (Å²) in [7, 11) is 1.91. The third-order valence-electron chi connectivity index (χ3n) is 4.12. The van der Waals surface area contributed by atoms with Crippen molar-refractivity contribution < 1.29 is 9.18 Å². The maximum atomic E-state index is 13.6. The first-order valence-corrected chi connectivity index (χ1v) is 9.13. The van der Waals surface area contributed by atoms with Gasteiger partial charge in [-0.1, -0.05) is 12.1 Å². The van der Waals surface area contributed by atoms with Gasteiger partial charge in [0, 0.05) is 55.9 Å². The predicted octanol–water partition coefficient (Wildman–Crippen LogP) is 2.68. The van der Waals surface area contributed by atoms with Gasteiger partial charge >= 0.3 is 0 Å². The Kier molecular flexibility index (Phi) is 5.52. The number of halogens is 1. The van der Waals surface area contributed by atoms with E-state index in [1.54, 1.807) is 22.9 Å². The highest BCUT2D eigenvalue weighted by Crippen LogP contribution is 2.29. The molecule has 1 N–H and O–H groups in total. The van der Waals surface area contributed by atoms with Crippen LogP contribution in [0.5, 0.6) is 0 Å². The summed E-state index contributed by atoms with van der Waals surface area (Å²) in [6, 6.07) is 6.51. The monoisotopic (exact) mass is 348 g/mol. The average molecular weight is 348 g/mol. The first kappa shape index (κ1) is 17.0. The molecule has 0 unspecified atom stereocenters. The Morgan fingerprint density at radius 3 is 3.04 bits per heavy atom. The number of aromatic nitrogens is 2. The molecule has 7 heteroatoms. The highest BCUT2D eigenvalue weighted by atomic mass is 32.2. The van der Waals surface area contributed by atoms with Gasteiger partial charge in [0.25, 0.3) is 0 Å². The van der Waals surface area contributed by atoms with E-state index in [1.165, 1.54) is 11.6 Å². The normalized spacial score (nSPS) is 18.5. The molecule has 0 spiro atoms. The maximum Gasteiger partial charge on any atom is 0.225 e. The van der Waals surface area contributed by atoms with Crippen molar-refractivity contribution in [2.45, 2.75) is 12.5 Å². The van der Waals surface area contributed by atoms with Crippen LogP contribution in [0.4, 0.5) is 10.1 Å². The lowest BCUT2D eigenvalue weighted by Gasteiger charge is -2.34. The number of carbonyl (C=O) groups excluding carboxylic acids is 1. The molecule has 1 aliphatic rings. The van der Waals surface area contributed by atoms with Crippen LogP contribution >= 0.6 is 11.8 Å². The van der Waals surface area contributed by atoms with Crippen molar-refractivity contribution in [3.8, 4) is 0 Å². The van der Waals surface area contributed by atoms with E-state index in [0.717, 1.165) is 18.1 Å². The molecular weight excluding hydrogens is 327 g/mol. The molecule has 0 aliphatic carbocycles. The molecule has 2 heterocycles. The van der Waals surface area contributed by atoms with Crippen LogP contribution in [0, 0.1) is 5.82 Å². The van der Waals surface area contributed by atoms with Gasteiger partial charge in [0.05, 0.1) is 11.9 Å². The summed E-state index contributed by atoms with van der Waals surface area (Å²) < 4.78 is 15.4. The minimum Gasteiger partial charge on any atom is -0.324 e. The lowest BCUT2D eigenvalue weighted by molar-refractivity contribution is -0.116. The van der Waals surface area contributed by atoms with E-state index in [2.05, 4.69) is 15.3 Å². The van der Waals surface area contributed by atoms with Gasteiger partial charge in [0.1, 0.15) is 5.82 Å². The number of hydrogen-bond acceptors (Lipinski definition) is 4. The van der Waals surface area contributed by atoms with Gasteiger partial charge in [-0.3, -0.25) is 14.4 Å². The molecule has 24 heavy (non-hydrogen) atoms. The van der Waals surface area contributed by atoms with Crippen LogP contribution < -0.4 is 5.32 Å². The average Bonchev–Trinajstić information content (AvgIpc) is 3.02. The van der Waals surface area contributed by atoms with Gasteiger partial charge in [0.2, 0.25) is 5.91 Å². The fraction of sp³-hybridized carbons (Fsp3) is 0.412. The zero-order valence-electron chi connectivity index (χ0n) is 13.6. The number of amides is 1. The van der Waals surface area contributed by atoms with Crippen molar-refractivity contribution in [3.63, 3.8) is 0 Å². The second kappa shape index (κ2) is 7.81. The molecule has 1 aliphatic heterocycles. The van der Waals surface area contributed by atoms with Gasteiger partial charge in [-0.2, -0.15) is 16.9 Å². The summed E-state index contributed by atoms with van der Waals surface area (Å²) >= 11 is 1.92. The van der Waals surface area contributed by atoms with E-state index in [-0.39, 0.29) is 17.6 Å². The third-order valence-corrected chi connectivity index (χ3v) is 5.15. The number of para-hydroxylation sites is 1. The molecule has 1 aromatic heterocycles. The van der Waals surface area contributed by atoms with Crippen molar-refractivity contribution in [3.05, 3.63) is 48.0 Å². The van der Waals surface area contributed by atoms with Gasteiger partial charge < -0.3 is 5.32 Å². The molecule has 3 rings (SSSR count). The summed E-state index contributed by atoms with van der Waals surface area (Å²) in [5, 5.41) is 6.89. The summed E-state index contributed by atoms with van der Waals surface area (Å²) in [4.78, 5) is 14.4. The fourth-order valence-corrected chi connectivity index (χ4v) is 4.00. The molecule has 0 radical (unpaired) electrons. The number of rotatable bonds is 5. The standard InChI is InChI=1S/C17H21FN4OS/c1-21-11-13(10-19-21)16-12-24-9-8-22(16)7-6-17(23)20-15-5-3-2-4-14(15)18/h2-5,10-11,16H,6-9,12H2,1H3,(H,20,23)/t16-/m0/s1. The Balaban J connectivity index is 1.58. The first-order valence-electron chi connectivity index (χ1n) is 7.98. The summed E-state index contributed by atoms with van der Waals surface area (Å²) in [6.07, 6.45) is 4.27. The van der Waals surface area contributed by atoms with E-state index in [4.69, 9.17) is 0 Å². The van der Waals surface area contributed by atoms with Gasteiger partial charge in [-0.15, -0.1) is 0 Å². The molecule has 5 nitrogen and oxygen atoms in total. The number of aryl methyl sites for hydroxylation is 1. The zero-order chi connectivity index (χ0) is 16.9. The Hall–Kier alpha value is -1.86. The van der Waals surface area contributed by atoms with Crippen LogP contribution in [0.2, 0.25) is 0 Å².